The highest BCUT2D eigenvalue weighted by molar-refractivity contribution is 7.53. The Kier molecular flexibility index (Phi) is 6.22. The van der Waals surface area contributed by atoms with E-state index in [0.717, 1.165) is 6.20 Å². The van der Waals surface area contributed by atoms with Crippen molar-refractivity contribution in [3.63, 3.8) is 0 Å². The van der Waals surface area contributed by atoms with Crippen LogP contribution in [-0.2, 0) is 24.3 Å². The number of ether oxygens (including phenoxy) is 2. The quantitative estimate of drug-likeness (QED) is 0.279. The number of rotatable bonds is 6. The van der Waals surface area contributed by atoms with E-state index in [9.17, 15) is 34.1 Å². The van der Waals surface area contributed by atoms with Gasteiger partial charge >= 0.3 is 19.4 Å². The zero-order valence-corrected chi connectivity index (χ0v) is 16.5. The van der Waals surface area contributed by atoms with Gasteiger partial charge in [-0.3, -0.25) is 14.3 Å². The number of aromatic nitrogens is 2. The highest BCUT2D eigenvalue weighted by Gasteiger charge is 2.57. The van der Waals surface area contributed by atoms with Gasteiger partial charge in [-0.05, 0) is 27.2 Å². The lowest BCUT2D eigenvalue weighted by Gasteiger charge is -2.38. The van der Waals surface area contributed by atoms with Crippen LogP contribution in [0.25, 0.3) is 0 Å². The summed E-state index contributed by atoms with van der Waals surface area (Å²) in [6, 6.07) is 0. The van der Waals surface area contributed by atoms with E-state index in [0.29, 0.717) is 4.57 Å². The molecule has 0 aromatic carbocycles. The summed E-state index contributed by atoms with van der Waals surface area (Å²) in [5.74, 6) is -2.45. The van der Waals surface area contributed by atoms with Gasteiger partial charge < -0.3 is 29.1 Å². The number of nitrogens with one attached hydrogen (secondary N) is 1. The number of hydrogen-bond acceptors (Lipinski definition) is 9. The van der Waals surface area contributed by atoms with Crippen molar-refractivity contribution >= 4 is 13.8 Å². The summed E-state index contributed by atoms with van der Waals surface area (Å²) in [6.45, 7) is 4.40. The molecular formula is C15H23N2O10P. The molecule has 158 valence electrons. The summed E-state index contributed by atoms with van der Waals surface area (Å²) in [5, 5.41) is 21.7. The molecule has 1 heterocycles. The molecule has 0 amide bonds. The van der Waals surface area contributed by atoms with E-state index in [-0.39, 0.29) is 24.8 Å². The fraction of sp³-hybridized carbons (Fsp3) is 0.667. The number of aliphatic hydroxyl groups is 2. The van der Waals surface area contributed by atoms with Gasteiger partial charge in [0.25, 0.3) is 5.56 Å². The number of carbonyl (C=O) groups excluding carboxylic acids is 1. The molecule has 1 aromatic rings. The van der Waals surface area contributed by atoms with Crippen molar-refractivity contribution in [1.29, 1.82) is 0 Å². The number of aryl methyl sites for hydroxylation is 1. The first kappa shape index (κ1) is 22.3. The lowest BCUT2D eigenvalue weighted by atomic mass is 10.1. The third kappa shape index (κ3) is 4.53. The maximum atomic E-state index is 12.1. The Morgan fingerprint density at radius 1 is 1.36 bits per heavy atom. The van der Waals surface area contributed by atoms with Crippen LogP contribution in [0, 0.1) is 6.92 Å². The molecule has 13 heteroatoms. The monoisotopic (exact) mass is 422 g/mol. The third-order valence-corrected chi connectivity index (χ3v) is 5.09. The molecule has 3 unspecified atom stereocenters. The van der Waals surface area contributed by atoms with Crippen LogP contribution in [0.15, 0.2) is 15.8 Å². The van der Waals surface area contributed by atoms with Crippen molar-refractivity contribution in [1.82, 2.24) is 9.55 Å². The number of aromatic amines is 1. The average Bonchev–Trinajstić information content (AvgIpc) is 2.84. The molecule has 1 aliphatic carbocycles. The minimum Gasteiger partial charge on any atom is -0.431 e. The second-order valence-corrected chi connectivity index (χ2v) is 8.53. The number of hydrogen-bond donors (Lipinski definition) is 4. The average molecular weight is 422 g/mol. The molecule has 1 fully saturated rings. The molecule has 28 heavy (non-hydrogen) atoms. The summed E-state index contributed by atoms with van der Waals surface area (Å²) in [4.78, 5) is 46.8. The Labute approximate surface area is 159 Å². The number of H-pyrrole nitrogens is 1. The van der Waals surface area contributed by atoms with Gasteiger partial charge in [0.05, 0.1) is 6.10 Å². The molecule has 2 rings (SSSR count). The molecule has 1 saturated carbocycles. The predicted molar refractivity (Wildman–Crippen MR) is 93.5 cm³/mol. The van der Waals surface area contributed by atoms with Gasteiger partial charge in [-0.1, -0.05) is 0 Å². The minimum absolute atomic E-state index is 0.0925. The third-order valence-electron chi connectivity index (χ3n) is 4.20. The van der Waals surface area contributed by atoms with Crippen molar-refractivity contribution in [2.75, 3.05) is 6.35 Å². The highest BCUT2D eigenvalue weighted by Crippen LogP contribution is 2.48. The van der Waals surface area contributed by atoms with Crippen molar-refractivity contribution in [2.45, 2.75) is 57.6 Å². The van der Waals surface area contributed by atoms with Crippen LogP contribution in [0.2, 0.25) is 0 Å². The molecule has 1 aliphatic rings. The van der Waals surface area contributed by atoms with E-state index < -0.39 is 49.0 Å². The van der Waals surface area contributed by atoms with Crippen LogP contribution < -0.4 is 11.2 Å². The van der Waals surface area contributed by atoms with E-state index >= 15 is 0 Å². The van der Waals surface area contributed by atoms with E-state index in [1.807, 2.05) is 4.98 Å². The normalized spacial score (nSPS) is 26.8. The summed E-state index contributed by atoms with van der Waals surface area (Å²) in [6.07, 6.45) is -2.22. The standard InChI is InChI=1S/C15H23N2O10P/c1-9(2)26-13(20)27-28(23,24)8-25-15(22)6-4-5-14(15,21)17-7-10(3)11(18)16-12(17)19/h7,9,21-22H,4-6,8H2,1-3H3,(H,23,24)(H,16,18,19). The predicted octanol–water partition coefficient (Wildman–Crippen LogP) is 0.0837. The molecule has 12 nitrogen and oxygen atoms in total. The molecule has 0 radical (unpaired) electrons. The van der Waals surface area contributed by atoms with E-state index in [1.54, 1.807) is 0 Å². The SMILES string of the molecule is Cc1cn(C2(O)CCCC2(O)OCP(=O)(O)OC(=O)OC(C)C)c(=O)[nH]c1=O. The molecule has 3 atom stereocenters. The van der Waals surface area contributed by atoms with E-state index in [1.165, 1.54) is 20.8 Å². The molecule has 0 spiro atoms. The van der Waals surface area contributed by atoms with E-state index in [2.05, 4.69) is 9.26 Å². The highest BCUT2D eigenvalue weighted by atomic mass is 31.2. The molecule has 0 bridgehead atoms. The number of nitrogens with zero attached hydrogens (tertiary/aromatic N) is 1. The van der Waals surface area contributed by atoms with Crippen LogP contribution in [0.1, 0.15) is 38.7 Å². The van der Waals surface area contributed by atoms with Crippen LogP contribution >= 0.6 is 7.60 Å². The molecular weight excluding hydrogens is 399 g/mol. The van der Waals surface area contributed by atoms with Crippen molar-refractivity contribution in [3.05, 3.63) is 32.6 Å². The number of carbonyl (C=O) groups is 1. The molecule has 1 aromatic heterocycles. The van der Waals surface area contributed by atoms with Gasteiger partial charge in [0.15, 0.2) is 12.1 Å². The minimum atomic E-state index is -4.69. The fourth-order valence-electron chi connectivity index (χ4n) is 2.85. The first-order valence-corrected chi connectivity index (χ1v) is 10.2. The van der Waals surface area contributed by atoms with Crippen LogP contribution in [0.5, 0.6) is 0 Å². The Balaban J connectivity index is 2.23. The van der Waals surface area contributed by atoms with Crippen LogP contribution in [0.3, 0.4) is 0 Å². The zero-order valence-electron chi connectivity index (χ0n) is 15.6. The van der Waals surface area contributed by atoms with Gasteiger partial charge in [0.1, 0.15) is 0 Å². The maximum Gasteiger partial charge on any atom is 0.515 e. The lowest BCUT2D eigenvalue weighted by Crippen LogP contribution is -2.57. The topological polar surface area (TPSA) is 177 Å². The Morgan fingerprint density at radius 2 is 2.00 bits per heavy atom. The Bertz CT molecular complexity index is 909. The Morgan fingerprint density at radius 3 is 2.61 bits per heavy atom. The summed E-state index contributed by atoms with van der Waals surface area (Å²) in [5.41, 5.74) is -3.89. The molecule has 0 saturated heterocycles. The zero-order chi connectivity index (χ0) is 21.3. The van der Waals surface area contributed by atoms with Gasteiger partial charge in [-0.2, -0.15) is 0 Å². The largest absolute Gasteiger partial charge is 0.515 e. The van der Waals surface area contributed by atoms with Gasteiger partial charge in [0, 0.05) is 24.6 Å². The smallest absolute Gasteiger partial charge is 0.431 e. The van der Waals surface area contributed by atoms with Crippen molar-refractivity contribution in [3.8, 4) is 0 Å². The molecule has 4 N–H and O–H groups in total. The van der Waals surface area contributed by atoms with Crippen LogP contribution in [-0.4, -0.2) is 49.1 Å². The first-order chi connectivity index (χ1) is 12.8. The second kappa shape index (κ2) is 7.80. The maximum absolute atomic E-state index is 12.1. The van der Waals surface area contributed by atoms with Crippen molar-refractivity contribution < 1.29 is 38.5 Å². The summed E-state index contributed by atoms with van der Waals surface area (Å²) in [7, 11) is -4.69. The van der Waals surface area contributed by atoms with Gasteiger partial charge in [0.2, 0.25) is 5.79 Å². The Hall–Kier alpha value is -1.98. The van der Waals surface area contributed by atoms with Crippen LogP contribution in [0.4, 0.5) is 4.79 Å². The van der Waals surface area contributed by atoms with Gasteiger partial charge in [-0.25, -0.2) is 14.2 Å². The van der Waals surface area contributed by atoms with Crippen molar-refractivity contribution in [2.24, 2.45) is 0 Å². The first-order valence-electron chi connectivity index (χ1n) is 8.43. The molecule has 0 aliphatic heterocycles. The second-order valence-electron chi connectivity index (χ2n) is 6.81. The fourth-order valence-corrected chi connectivity index (χ4v) is 3.56. The lowest BCUT2D eigenvalue weighted by molar-refractivity contribution is -0.311. The van der Waals surface area contributed by atoms with E-state index in [4.69, 9.17) is 4.74 Å². The summed E-state index contributed by atoms with van der Waals surface area (Å²) >= 11 is 0. The summed E-state index contributed by atoms with van der Waals surface area (Å²) < 4.78 is 26.7. The van der Waals surface area contributed by atoms with Gasteiger partial charge in [-0.15, -0.1) is 0 Å².